The van der Waals surface area contributed by atoms with Crippen LogP contribution in [0.2, 0.25) is 5.02 Å². The predicted molar refractivity (Wildman–Crippen MR) is 88.3 cm³/mol. The van der Waals surface area contributed by atoms with Crippen molar-refractivity contribution in [1.82, 2.24) is 0 Å². The Morgan fingerprint density at radius 2 is 2.09 bits per heavy atom. The van der Waals surface area contributed by atoms with Crippen LogP contribution in [-0.2, 0) is 4.74 Å². The van der Waals surface area contributed by atoms with Gasteiger partial charge in [-0.3, -0.25) is 0 Å². The van der Waals surface area contributed by atoms with Crippen LogP contribution in [0.1, 0.15) is 22.8 Å². The topological polar surface area (TPSA) is 36.3 Å². The maximum atomic E-state index is 8.97. The molecular weight excluding hydrogens is 296 g/mol. The average Bonchev–Trinajstić information content (AvgIpc) is 2.55. The summed E-state index contributed by atoms with van der Waals surface area (Å²) in [6.07, 6.45) is 0.0596. The van der Waals surface area contributed by atoms with Crippen LogP contribution in [0.4, 0.5) is 5.69 Å². The average molecular weight is 313 g/mol. The van der Waals surface area contributed by atoms with Crippen molar-refractivity contribution in [2.45, 2.75) is 13.0 Å². The molecular formula is C18H17ClN2O. The van der Waals surface area contributed by atoms with Crippen LogP contribution in [0.15, 0.2) is 42.5 Å². The van der Waals surface area contributed by atoms with E-state index in [1.165, 1.54) is 11.1 Å². The van der Waals surface area contributed by atoms with Crippen molar-refractivity contribution < 1.29 is 4.74 Å². The first-order valence-electron chi connectivity index (χ1n) is 7.31. The van der Waals surface area contributed by atoms with Gasteiger partial charge in [0.25, 0.3) is 0 Å². The van der Waals surface area contributed by atoms with Crippen LogP contribution in [0, 0.1) is 18.3 Å². The second kappa shape index (κ2) is 6.39. The third kappa shape index (κ3) is 2.94. The van der Waals surface area contributed by atoms with E-state index in [9.17, 15) is 0 Å². The molecule has 2 aromatic carbocycles. The molecule has 1 saturated heterocycles. The van der Waals surface area contributed by atoms with Gasteiger partial charge in [-0.2, -0.15) is 5.26 Å². The first-order chi connectivity index (χ1) is 10.7. The molecule has 112 valence electrons. The van der Waals surface area contributed by atoms with E-state index < -0.39 is 0 Å². The molecule has 1 aliphatic rings. The minimum atomic E-state index is 0.0596. The van der Waals surface area contributed by atoms with Crippen molar-refractivity contribution in [2.75, 3.05) is 24.6 Å². The molecule has 0 radical (unpaired) electrons. The van der Waals surface area contributed by atoms with Crippen molar-refractivity contribution in [1.29, 1.82) is 5.26 Å². The Labute approximate surface area is 135 Å². The minimum Gasteiger partial charge on any atom is -0.370 e. The van der Waals surface area contributed by atoms with Gasteiger partial charge in [0.05, 0.1) is 17.2 Å². The van der Waals surface area contributed by atoms with Crippen molar-refractivity contribution in [3.63, 3.8) is 0 Å². The standard InChI is InChI=1S/C18H17ClN2O/c1-13-4-2-3-5-16(13)18-12-21(8-9-22-18)15-7-6-14(11-20)17(19)10-15/h2-7,10,18H,8-9,12H2,1H3. The number of halogens is 1. The van der Waals surface area contributed by atoms with Crippen LogP contribution in [0.3, 0.4) is 0 Å². The summed E-state index contributed by atoms with van der Waals surface area (Å²) in [5, 5.41) is 9.47. The maximum Gasteiger partial charge on any atom is 0.101 e. The van der Waals surface area contributed by atoms with Gasteiger partial charge in [0.1, 0.15) is 12.2 Å². The highest BCUT2D eigenvalue weighted by Crippen LogP contribution is 2.30. The molecule has 3 rings (SSSR count). The molecule has 1 atom stereocenters. The fourth-order valence-electron chi connectivity index (χ4n) is 2.81. The predicted octanol–water partition coefficient (Wildman–Crippen LogP) is 4.10. The first kappa shape index (κ1) is 14.9. The van der Waals surface area contributed by atoms with E-state index in [1.54, 1.807) is 6.07 Å². The SMILES string of the molecule is Cc1ccccc1C1CN(c2ccc(C#N)c(Cl)c2)CCO1. The van der Waals surface area contributed by atoms with Gasteiger partial charge in [-0.25, -0.2) is 0 Å². The van der Waals surface area contributed by atoms with Crippen LogP contribution in [-0.4, -0.2) is 19.7 Å². The second-order valence-electron chi connectivity index (χ2n) is 5.44. The zero-order chi connectivity index (χ0) is 15.5. The quantitative estimate of drug-likeness (QED) is 0.837. The number of hydrogen-bond acceptors (Lipinski definition) is 3. The van der Waals surface area contributed by atoms with Crippen molar-refractivity contribution >= 4 is 17.3 Å². The van der Waals surface area contributed by atoms with Gasteiger partial charge in [-0.1, -0.05) is 35.9 Å². The Morgan fingerprint density at radius 3 is 2.82 bits per heavy atom. The molecule has 1 unspecified atom stereocenters. The summed E-state index contributed by atoms with van der Waals surface area (Å²) in [5.41, 5.74) is 4.01. The first-order valence-corrected chi connectivity index (χ1v) is 7.68. The van der Waals surface area contributed by atoms with Crippen LogP contribution >= 0.6 is 11.6 Å². The molecule has 4 heteroatoms. The second-order valence-corrected chi connectivity index (χ2v) is 5.85. The van der Waals surface area contributed by atoms with E-state index in [-0.39, 0.29) is 6.10 Å². The lowest BCUT2D eigenvalue weighted by molar-refractivity contribution is 0.0394. The molecule has 0 aromatic heterocycles. The summed E-state index contributed by atoms with van der Waals surface area (Å²) < 4.78 is 5.94. The number of ether oxygens (including phenoxy) is 1. The zero-order valence-electron chi connectivity index (χ0n) is 12.4. The molecule has 1 fully saturated rings. The molecule has 3 nitrogen and oxygen atoms in total. The fourth-order valence-corrected chi connectivity index (χ4v) is 3.03. The van der Waals surface area contributed by atoms with E-state index in [2.05, 4.69) is 30.0 Å². The fraction of sp³-hybridized carbons (Fsp3) is 0.278. The smallest absolute Gasteiger partial charge is 0.101 e. The Morgan fingerprint density at radius 1 is 1.27 bits per heavy atom. The Bertz CT molecular complexity index is 723. The molecule has 1 heterocycles. The van der Waals surface area contributed by atoms with Crippen LogP contribution in [0.5, 0.6) is 0 Å². The van der Waals surface area contributed by atoms with Gasteiger partial charge in [-0.15, -0.1) is 0 Å². The Kier molecular flexibility index (Phi) is 4.33. The molecule has 0 aliphatic carbocycles. The zero-order valence-corrected chi connectivity index (χ0v) is 13.2. The number of morpholine rings is 1. The van der Waals surface area contributed by atoms with Gasteiger partial charge in [0.2, 0.25) is 0 Å². The highest BCUT2D eigenvalue weighted by molar-refractivity contribution is 6.32. The van der Waals surface area contributed by atoms with E-state index in [0.29, 0.717) is 17.2 Å². The van der Waals surface area contributed by atoms with Crippen molar-refractivity contribution in [3.8, 4) is 6.07 Å². The van der Waals surface area contributed by atoms with Crippen molar-refractivity contribution in [2.24, 2.45) is 0 Å². The molecule has 0 amide bonds. The third-order valence-corrected chi connectivity index (χ3v) is 4.35. The highest BCUT2D eigenvalue weighted by Gasteiger charge is 2.23. The third-order valence-electron chi connectivity index (χ3n) is 4.04. The monoisotopic (exact) mass is 312 g/mol. The normalized spacial score (nSPS) is 18.0. The van der Waals surface area contributed by atoms with Crippen molar-refractivity contribution in [3.05, 3.63) is 64.2 Å². The summed E-state index contributed by atoms with van der Waals surface area (Å²) in [4.78, 5) is 2.26. The van der Waals surface area contributed by atoms with E-state index in [4.69, 9.17) is 21.6 Å². The minimum absolute atomic E-state index is 0.0596. The van der Waals surface area contributed by atoms with E-state index >= 15 is 0 Å². The summed E-state index contributed by atoms with van der Waals surface area (Å²) in [6, 6.07) is 16.0. The summed E-state index contributed by atoms with van der Waals surface area (Å²) in [6.45, 7) is 4.39. The largest absolute Gasteiger partial charge is 0.370 e. The number of nitriles is 1. The van der Waals surface area contributed by atoms with Gasteiger partial charge < -0.3 is 9.64 Å². The highest BCUT2D eigenvalue weighted by atomic mass is 35.5. The molecule has 1 aliphatic heterocycles. The number of rotatable bonds is 2. The number of nitrogens with zero attached hydrogens (tertiary/aromatic N) is 2. The van der Waals surface area contributed by atoms with Gasteiger partial charge in [0, 0.05) is 18.8 Å². The van der Waals surface area contributed by atoms with E-state index in [1.807, 2.05) is 24.3 Å². The lowest BCUT2D eigenvalue weighted by Crippen LogP contribution is -2.38. The van der Waals surface area contributed by atoms with Gasteiger partial charge >= 0.3 is 0 Å². The Balaban J connectivity index is 1.83. The summed E-state index contributed by atoms with van der Waals surface area (Å²) in [7, 11) is 0. The van der Waals surface area contributed by atoms with Crippen LogP contribution < -0.4 is 4.90 Å². The maximum absolute atomic E-state index is 8.97. The number of hydrogen-bond donors (Lipinski definition) is 0. The molecule has 0 bridgehead atoms. The summed E-state index contributed by atoms with van der Waals surface area (Å²) in [5.74, 6) is 0. The lowest BCUT2D eigenvalue weighted by atomic mass is 10.0. The molecule has 22 heavy (non-hydrogen) atoms. The van der Waals surface area contributed by atoms with Gasteiger partial charge in [0.15, 0.2) is 0 Å². The van der Waals surface area contributed by atoms with Crippen LogP contribution in [0.25, 0.3) is 0 Å². The molecule has 2 aromatic rings. The molecule has 0 N–H and O–H groups in total. The summed E-state index contributed by atoms with van der Waals surface area (Å²) >= 11 is 6.15. The number of aryl methyl sites for hydroxylation is 1. The van der Waals surface area contributed by atoms with Gasteiger partial charge in [-0.05, 0) is 36.2 Å². The number of benzene rings is 2. The van der Waals surface area contributed by atoms with E-state index in [0.717, 1.165) is 18.8 Å². The lowest BCUT2D eigenvalue weighted by Gasteiger charge is -2.35. The molecule has 0 saturated carbocycles. The molecule has 0 spiro atoms. The number of anilines is 1. The Hall–Kier alpha value is -2.02.